The third-order valence-corrected chi connectivity index (χ3v) is 6.38. The Morgan fingerprint density at radius 3 is 2.06 bits per heavy atom. The van der Waals surface area contributed by atoms with Gasteiger partial charge in [0.2, 0.25) is 0 Å². The van der Waals surface area contributed by atoms with Gasteiger partial charge in [-0.05, 0) is 60.1 Å². The van der Waals surface area contributed by atoms with Gasteiger partial charge in [0, 0.05) is 0 Å². The van der Waals surface area contributed by atoms with E-state index in [9.17, 15) is 19.2 Å². The molecule has 0 bridgehead atoms. The van der Waals surface area contributed by atoms with E-state index in [0.29, 0.717) is 34.6 Å². The Balaban J connectivity index is 1.99. The molecule has 186 valence electrons. The number of anilines is 1. The number of ether oxygens (including phenoxy) is 2. The number of esters is 2. The fraction of sp³-hybridized carbons (Fsp3) is 0.310. The highest BCUT2D eigenvalue weighted by molar-refractivity contribution is 6.36. The second kappa shape index (κ2) is 10.3. The standard InChI is InChI=1S/C29H29NO6/c1-5-36-29(34)25-20-15-12-18(16-24(31)35-4)11-14-19(20)21(13-10-17(2)3)26(25)30-27(32)22-8-6-7-9-23(22)28(30)33/h6-9,11-12,14-15,17H,5,10,13,16H2,1-4H3. The van der Waals surface area contributed by atoms with Crippen molar-refractivity contribution in [2.75, 3.05) is 18.6 Å². The highest BCUT2D eigenvalue weighted by Gasteiger charge is 2.42. The van der Waals surface area contributed by atoms with Crippen LogP contribution >= 0.6 is 0 Å². The summed E-state index contributed by atoms with van der Waals surface area (Å²) in [7, 11) is 1.33. The molecule has 7 nitrogen and oxygen atoms in total. The zero-order chi connectivity index (χ0) is 26.0. The molecular formula is C29H29NO6. The first-order valence-electron chi connectivity index (χ1n) is 12.1. The Bertz CT molecular complexity index is 1290. The van der Waals surface area contributed by atoms with Crippen LogP contribution < -0.4 is 4.90 Å². The van der Waals surface area contributed by atoms with Crippen molar-refractivity contribution in [3.8, 4) is 11.1 Å². The molecule has 1 aromatic rings. The molecule has 7 heteroatoms. The van der Waals surface area contributed by atoms with E-state index in [1.807, 2.05) is 6.07 Å². The predicted molar refractivity (Wildman–Crippen MR) is 135 cm³/mol. The van der Waals surface area contributed by atoms with Crippen LogP contribution in [-0.4, -0.2) is 37.5 Å². The van der Waals surface area contributed by atoms with Crippen molar-refractivity contribution < 1.29 is 28.7 Å². The fourth-order valence-electron chi connectivity index (χ4n) is 4.59. The predicted octanol–water partition coefficient (Wildman–Crippen LogP) is 5.07. The van der Waals surface area contributed by atoms with Crippen molar-refractivity contribution >= 4 is 29.4 Å². The van der Waals surface area contributed by atoms with Gasteiger partial charge in [-0.1, -0.05) is 50.2 Å². The van der Waals surface area contributed by atoms with Gasteiger partial charge < -0.3 is 9.47 Å². The van der Waals surface area contributed by atoms with E-state index in [4.69, 9.17) is 9.47 Å². The first-order valence-corrected chi connectivity index (χ1v) is 12.1. The molecule has 0 atom stereocenters. The molecule has 2 aliphatic carbocycles. The molecular weight excluding hydrogens is 458 g/mol. The Labute approximate surface area is 210 Å². The first-order chi connectivity index (χ1) is 17.3. The van der Waals surface area contributed by atoms with Crippen LogP contribution in [0.5, 0.6) is 0 Å². The monoisotopic (exact) mass is 487 g/mol. The number of amides is 2. The average molecular weight is 488 g/mol. The second-order valence-electron chi connectivity index (χ2n) is 9.17. The zero-order valence-corrected chi connectivity index (χ0v) is 20.9. The van der Waals surface area contributed by atoms with E-state index in [1.54, 1.807) is 49.4 Å². The summed E-state index contributed by atoms with van der Waals surface area (Å²) in [4.78, 5) is 53.3. The minimum Gasteiger partial charge on any atom is -0.469 e. The van der Waals surface area contributed by atoms with Crippen molar-refractivity contribution in [1.82, 2.24) is 0 Å². The highest BCUT2D eigenvalue weighted by atomic mass is 16.5. The molecule has 36 heavy (non-hydrogen) atoms. The van der Waals surface area contributed by atoms with Crippen molar-refractivity contribution in [3.63, 3.8) is 0 Å². The molecule has 1 heterocycles. The van der Waals surface area contributed by atoms with Crippen LogP contribution in [0.1, 0.15) is 69.4 Å². The summed E-state index contributed by atoms with van der Waals surface area (Å²) < 4.78 is 10.2. The van der Waals surface area contributed by atoms with E-state index in [1.165, 1.54) is 7.11 Å². The molecule has 1 aliphatic heterocycles. The molecule has 0 radical (unpaired) electrons. The van der Waals surface area contributed by atoms with Crippen molar-refractivity contribution in [3.05, 3.63) is 76.3 Å². The van der Waals surface area contributed by atoms with E-state index in [0.717, 1.165) is 22.4 Å². The van der Waals surface area contributed by atoms with Crippen molar-refractivity contribution in [2.24, 2.45) is 5.92 Å². The number of fused-ring (bicyclic) bond motifs is 2. The van der Waals surface area contributed by atoms with Crippen LogP contribution in [0.3, 0.4) is 0 Å². The van der Waals surface area contributed by atoms with Crippen molar-refractivity contribution in [2.45, 2.75) is 40.0 Å². The number of carbonyl (C=O) groups is 4. The number of hydrogen-bond acceptors (Lipinski definition) is 6. The molecule has 0 spiro atoms. The SMILES string of the molecule is CCOC(=O)c1c2ccc(CC(=O)OC)ccc-2c(CCC(C)C)c1N1C(=O)c2ccccc2C1=O. The maximum Gasteiger partial charge on any atom is 0.340 e. The smallest absolute Gasteiger partial charge is 0.340 e. The Morgan fingerprint density at radius 2 is 1.50 bits per heavy atom. The van der Waals surface area contributed by atoms with Crippen LogP contribution in [0.4, 0.5) is 5.69 Å². The van der Waals surface area contributed by atoms with E-state index < -0.39 is 17.8 Å². The molecule has 3 aliphatic rings. The third kappa shape index (κ3) is 4.49. The van der Waals surface area contributed by atoms with Crippen LogP contribution in [-0.2, 0) is 27.1 Å². The van der Waals surface area contributed by atoms with Gasteiger partial charge >= 0.3 is 11.9 Å². The summed E-state index contributed by atoms with van der Waals surface area (Å²) in [5.41, 5.74) is 3.83. The van der Waals surface area contributed by atoms with Gasteiger partial charge in [-0.2, -0.15) is 0 Å². The average Bonchev–Trinajstić information content (AvgIpc) is 3.19. The molecule has 0 N–H and O–H groups in total. The number of methoxy groups -OCH3 is 1. The second-order valence-corrected chi connectivity index (χ2v) is 9.17. The van der Waals surface area contributed by atoms with Gasteiger partial charge in [-0.3, -0.25) is 14.4 Å². The maximum absolute atomic E-state index is 13.5. The Hall–Kier alpha value is -4.00. The first kappa shape index (κ1) is 25.1. The highest BCUT2D eigenvalue weighted by Crippen LogP contribution is 2.46. The van der Waals surface area contributed by atoms with Gasteiger partial charge in [0.05, 0.1) is 42.5 Å². The van der Waals surface area contributed by atoms with Gasteiger partial charge in [-0.15, -0.1) is 0 Å². The molecule has 0 saturated heterocycles. The lowest BCUT2D eigenvalue weighted by molar-refractivity contribution is -0.139. The Morgan fingerprint density at radius 1 is 0.889 bits per heavy atom. The van der Waals surface area contributed by atoms with Crippen LogP contribution in [0, 0.1) is 5.92 Å². The maximum atomic E-state index is 13.5. The lowest BCUT2D eigenvalue weighted by Crippen LogP contribution is -2.31. The lowest BCUT2D eigenvalue weighted by Gasteiger charge is -2.18. The van der Waals surface area contributed by atoms with E-state index in [-0.39, 0.29) is 30.2 Å². The summed E-state index contributed by atoms with van der Waals surface area (Å²) in [6.45, 7) is 6.03. The fourth-order valence-corrected chi connectivity index (χ4v) is 4.59. The van der Waals surface area contributed by atoms with Crippen molar-refractivity contribution in [1.29, 1.82) is 0 Å². The number of rotatable bonds is 8. The Kier molecular flexibility index (Phi) is 7.20. The van der Waals surface area contributed by atoms with E-state index >= 15 is 0 Å². The van der Waals surface area contributed by atoms with Gasteiger partial charge in [0.1, 0.15) is 0 Å². The third-order valence-electron chi connectivity index (χ3n) is 6.38. The summed E-state index contributed by atoms with van der Waals surface area (Å²) >= 11 is 0. The van der Waals surface area contributed by atoms with Gasteiger partial charge in [-0.25, -0.2) is 9.69 Å². The van der Waals surface area contributed by atoms with Gasteiger partial charge in [0.15, 0.2) is 0 Å². The molecule has 0 unspecified atom stereocenters. The number of hydrogen-bond donors (Lipinski definition) is 0. The lowest BCUT2D eigenvalue weighted by atomic mass is 9.99. The minimum absolute atomic E-state index is 0.0785. The molecule has 0 fully saturated rings. The zero-order valence-electron chi connectivity index (χ0n) is 20.9. The van der Waals surface area contributed by atoms with Crippen LogP contribution in [0.25, 0.3) is 11.1 Å². The van der Waals surface area contributed by atoms with Crippen LogP contribution in [0.2, 0.25) is 0 Å². The number of nitrogens with zero attached hydrogens (tertiary/aromatic N) is 1. The molecule has 2 amide bonds. The largest absolute Gasteiger partial charge is 0.469 e. The number of imide groups is 1. The number of carbonyl (C=O) groups excluding carboxylic acids is 4. The summed E-state index contributed by atoms with van der Waals surface area (Å²) in [6.07, 6.45) is 1.41. The topological polar surface area (TPSA) is 90.0 Å². The molecule has 0 aromatic heterocycles. The molecule has 4 rings (SSSR count). The normalized spacial score (nSPS) is 12.9. The van der Waals surface area contributed by atoms with E-state index in [2.05, 4.69) is 13.8 Å². The summed E-state index contributed by atoms with van der Waals surface area (Å²) in [5.74, 6) is -1.55. The minimum atomic E-state index is -0.606. The molecule has 1 aromatic carbocycles. The molecule has 0 saturated carbocycles. The van der Waals surface area contributed by atoms with Gasteiger partial charge in [0.25, 0.3) is 11.8 Å². The summed E-state index contributed by atoms with van der Waals surface area (Å²) in [5, 5.41) is 0. The van der Waals surface area contributed by atoms with Crippen LogP contribution in [0.15, 0.2) is 48.5 Å². The summed E-state index contributed by atoms with van der Waals surface area (Å²) in [6, 6.07) is 13.8. The quantitative estimate of drug-likeness (QED) is 0.325. The number of benzene rings is 1.